The van der Waals surface area contributed by atoms with Crippen LogP contribution in [0.25, 0.3) is 0 Å². The Morgan fingerprint density at radius 1 is 1.56 bits per heavy atom. The highest BCUT2D eigenvalue weighted by Gasteiger charge is 2.15. The summed E-state index contributed by atoms with van der Waals surface area (Å²) in [5.74, 6) is 2.25. The van der Waals surface area contributed by atoms with Crippen molar-refractivity contribution in [3.05, 3.63) is 17.8 Å². The lowest BCUT2D eigenvalue weighted by Crippen LogP contribution is -2.30. The molecule has 1 atom stereocenters. The fourth-order valence-corrected chi connectivity index (χ4v) is 2.28. The van der Waals surface area contributed by atoms with Gasteiger partial charge in [0.2, 0.25) is 0 Å². The molecule has 1 aliphatic heterocycles. The molecule has 1 unspecified atom stereocenters. The molecule has 1 aromatic heterocycles. The third-order valence-corrected chi connectivity index (χ3v) is 3.08. The minimum absolute atomic E-state index is 0.614. The van der Waals surface area contributed by atoms with E-state index in [0.29, 0.717) is 5.92 Å². The SMILES string of the molecule is CC(C)Cc1nc(CC2CCCNC2)co1. The quantitative estimate of drug-likeness (QED) is 0.850. The van der Waals surface area contributed by atoms with Crippen LogP contribution in [0.4, 0.5) is 0 Å². The first kappa shape index (κ1) is 11.6. The van der Waals surface area contributed by atoms with Crippen molar-refractivity contribution in [3.63, 3.8) is 0 Å². The van der Waals surface area contributed by atoms with Crippen molar-refractivity contribution in [1.82, 2.24) is 10.3 Å². The molecule has 1 saturated heterocycles. The zero-order valence-electron chi connectivity index (χ0n) is 10.3. The van der Waals surface area contributed by atoms with E-state index >= 15 is 0 Å². The van der Waals surface area contributed by atoms with Crippen LogP contribution in [0.15, 0.2) is 10.7 Å². The first-order valence-electron chi connectivity index (χ1n) is 6.38. The lowest BCUT2D eigenvalue weighted by atomic mass is 9.95. The summed E-state index contributed by atoms with van der Waals surface area (Å²) >= 11 is 0. The fraction of sp³-hybridized carbons (Fsp3) is 0.769. The number of nitrogens with zero attached hydrogens (tertiary/aromatic N) is 1. The van der Waals surface area contributed by atoms with E-state index in [9.17, 15) is 0 Å². The second-order valence-electron chi connectivity index (χ2n) is 5.25. The van der Waals surface area contributed by atoms with Crippen LogP contribution in [0.1, 0.15) is 38.3 Å². The van der Waals surface area contributed by atoms with Gasteiger partial charge in [0.1, 0.15) is 6.26 Å². The van der Waals surface area contributed by atoms with E-state index in [1.165, 1.54) is 19.4 Å². The molecule has 0 amide bonds. The Kier molecular flexibility index (Phi) is 3.99. The predicted molar refractivity (Wildman–Crippen MR) is 64.3 cm³/mol. The predicted octanol–water partition coefficient (Wildman–Crippen LogP) is 2.42. The van der Waals surface area contributed by atoms with Crippen LogP contribution in [-0.4, -0.2) is 18.1 Å². The van der Waals surface area contributed by atoms with Gasteiger partial charge < -0.3 is 9.73 Å². The van der Waals surface area contributed by atoms with Gasteiger partial charge >= 0.3 is 0 Å². The van der Waals surface area contributed by atoms with Crippen molar-refractivity contribution in [1.29, 1.82) is 0 Å². The monoisotopic (exact) mass is 222 g/mol. The second-order valence-corrected chi connectivity index (χ2v) is 5.25. The van der Waals surface area contributed by atoms with Crippen LogP contribution in [0, 0.1) is 11.8 Å². The van der Waals surface area contributed by atoms with Gasteiger partial charge in [-0.3, -0.25) is 0 Å². The van der Waals surface area contributed by atoms with Gasteiger partial charge in [0.25, 0.3) is 0 Å². The molecule has 16 heavy (non-hydrogen) atoms. The van der Waals surface area contributed by atoms with Gasteiger partial charge in [0, 0.05) is 6.42 Å². The molecule has 0 radical (unpaired) electrons. The zero-order chi connectivity index (χ0) is 11.4. The highest BCUT2D eigenvalue weighted by atomic mass is 16.3. The van der Waals surface area contributed by atoms with E-state index in [1.807, 2.05) is 6.26 Å². The molecule has 1 fully saturated rings. The molecule has 0 aromatic carbocycles. The summed E-state index contributed by atoms with van der Waals surface area (Å²) in [5.41, 5.74) is 1.13. The van der Waals surface area contributed by atoms with E-state index in [-0.39, 0.29) is 0 Å². The molecule has 1 aliphatic rings. The van der Waals surface area contributed by atoms with Gasteiger partial charge in [-0.05, 0) is 44.2 Å². The van der Waals surface area contributed by atoms with Crippen LogP contribution in [-0.2, 0) is 12.8 Å². The van der Waals surface area contributed by atoms with E-state index in [1.54, 1.807) is 0 Å². The summed E-state index contributed by atoms with van der Waals surface area (Å²) in [4.78, 5) is 4.55. The molecule has 3 nitrogen and oxygen atoms in total. The molecular formula is C13H22N2O. The molecule has 2 heterocycles. The highest BCUT2D eigenvalue weighted by molar-refractivity contribution is 4.99. The Bertz CT molecular complexity index is 313. The van der Waals surface area contributed by atoms with Crippen molar-refractivity contribution < 1.29 is 4.42 Å². The summed E-state index contributed by atoms with van der Waals surface area (Å²) in [6.45, 7) is 6.68. The third-order valence-electron chi connectivity index (χ3n) is 3.08. The lowest BCUT2D eigenvalue weighted by molar-refractivity contribution is 0.373. The number of oxazole rings is 1. The Morgan fingerprint density at radius 3 is 3.12 bits per heavy atom. The smallest absolute Gasteiger partial charge is 0.194 e. The van der Waals surface area contributed by atoms with Crippen LogP contribution in [0.5, 0.6) is 0 Å². The van der Waals surface area contributed by atoms with Crippen molar-refractivity contribution in [2.75, 3.05) is 13.1 Å². The maximum atomic E-state index is 5.49. The summed E-state index contributed by atoms with van der Waals surface area (Å²) < 4.78 is 5.49. The van der Waals surface area contributed by atoms with Crippen molar-refractivity contribution in [2.24, 2.45) is 11.8 Å². The summed E-state index contributed by atoms with van der Waals surface area (Å²) in [6, 6.07) is 0. The molecule has 0 spiro atoms. The maximum absolute atomic E-state index is 5.49. The maximum Gasteiger partial charge on any atom is 0.194 e. The summed E-state index contributed by atoms with van der Waals surface area (Å²) in [5, 5.41) is 3.44. The average molecular weight is 222 g/mol. The van der Waals surface area contributed by atoms with E-state index in [0.717, 1.165) is 36.9 Å². The minimum Gasteiger partial charge on any atom is -0.449 e. The molecule has 0 bridgehead atoms. The number of hydrogen-bond donors (Lipinski definition) is 1. The third kappa shape index (κ3) is 3.34. The first-order chi connectivity index (χ1) is 7.74. The van der Waals surface area contributed by atoms with E-state index in [2.05, 4.69) is 24.1 Å². The molecule has 1 aromatic rings. The molecule has 0 aliphatic carbocycles. The summed E-state index contributed by atoms with van der Waals surface area (Å²) in [7, 11) is 0. The largest absolute Gasteiger partial charge is 0.449 e. The molecule has 0 saturated carbocycles. The van der Waals surface area contributed by atoms with Gasteiger partial charge in [0.05, 0.1) is 5.69 Å². The summed E-state index contributed by atoms with van der Waals surface area (Å²) in [6.07, 6.45) is 6.46. The van der Waals surface area contributed by atoms with Gasteiger partial charge in [-0.2, -0.15) is 0 Å². The van der Waals surface area contributed by atoms with E-state index in [4.69, 9.17) is 4.42 Å². The minimum atomic E-state index is 0.614. The number of rotatable bonds is 4. The van der Waals surface area contributed by atoms with E-state index < -0.39 is 0 Å². The van der Waals surface area contributed by atoms with Crippen LogP contribution < -0.4 is 5.32 Å². The van der Waals surface area contributed by atoms with Gasteiger partial charge in [-0.25, -0.2) is 4.98 Å². The second kappa shape index (κ2) is 5.48. The Labute approximate surface area is 97.6 Å². The number of piperidine rings is 1. The van der Waals surface area contributed by atoms with Crippen molar-refractivity contribution in [3.8, 4) is 0 Å². The molecule has 90 valence electrons. The van der Waals surface area contributed by atoms with Gasteiger partial charge in [-0.1, -0.05) is 13.8 Å². The molecular weight excluding hydrogens is 200 g/mol. The van der Waals surface area contributed by atoms with Gasteiger partial charge in [-0.15, -0.1) is 0 Å². The average Bonchev–Trinajstić information content (AvgIpc) is 2.66. The van der Waals surface area contributed by atoms with Crippen LogP contribution in [0.2, 0.25) is 0 Å². The Hall–Kier alpha value is -0.830. The first-order valence-corrected chi connectivity index (χ1v) is 6.38. The molecule has 3 heteroatoms. The Balaban J connectivity index is 1.86. The Morgan fingerprint density at radius 2 is 2.44 bits per heavy atom. The number of aromatic nitrogens is 1. The zero-order valence-corrected chi connectivity index (χ0v) is 10.3. The highest BCUT2D eigenvalue weighted by Crippen LogP contribution is 2.17. The van der Waals surface area contributed by atoms with Crippen LogP contribution >= 0.6 is 0 Å². The van der Waals surface area contributed by atoms with Gasteiger partial charge in [0.15, 0.2) is 5.89 Å². The number of nitrogens with one attached hydrogen (secondary N) is 1. The van der Waals surface area contributed by atoms with Crippen LogP contribution in [0.3, 0.4) is 0 Å². The molecule has 2 rings (SSSR count). The van der Waals surface area contributed by atoms with Crippen molar-refractivity contribution >= 4 is 0 Å². The number of hydrogen-bond acceptors (Lipinski definition) is 3. The van der Waals surface area contributed by atoms with Crippen molar-refractivity contribution in [2.45, 2.75) is 39.5 Å². The molecule has 1 N–H and O–H groups in total. The fourth-order valence-electron chi connectivity index (χ4n) is 2.28. The topological polar surface area (TPSA) is 38.1 Å². The lowest BCUT2D eigenvalue weighted by Gasteiger charge is -2.21. The standard InChI is InChI=1S/C13H22N2O/c1-10(2)6-13-15-12(9-16-13)7-11-4-3-5-14-8-11/h9-11,14H,3-8H2,1-2H3. The normalized spacial score (nSPS) is 21.6.